The molecule has 0 unspecified atom stereocenters. The Hall–Kier alpha value is -2.04. The highest BCUT2D eigenvalue weighted by Crippen LogP contribution is 2.21. The number of carbonyl (C=O) groups is 1. The predicted molar refractivity (Wildman–Crippen MR) is 102 cm³/mol. The summed E-state index contributed by atoms with van der Waals surface area (Å²) in [6.07, 6.45) is 0.880. The summed E-state index contributed by atoms with van der Waals surface area (Å²) in [6, 6.07) is 15.8. The maximum Gasteiger partial charge on any atom is 0.257 e. The number of hydrogen-bond donors (Lipinski definition) is 1. The summed E-state index contributed by atoms with van der Waals surface area (Å²) in [6.45, 7) is 2.47. The quantitative estimate of drug-likeness (QED) is 0.785. The van der Waals surface area contributed by atoms with E-state index in [1.165, 1.54) is 5.56 Å². The second-order valence-corrected chi connectivity index (χ2v) is 6.75. The molecule has 134 valence electrons. The summed E-state index contributed by atoms with van der Waals surface area (Å²) in [7, 11) is 4.04. The van der Waals surface area contributed by atoms with Crippen molar-refractivity contribution in [2.75, 3.05) is 27.2 Å². The Kier molecular flexibility index (Phi) is 7.29. The van der Waals surface area contributed by atoms with Crippen molar-refractivity contribution in [1.82, 2.24) is 10.2 Å². The first-order chi connectivity index (χ1) is 12.0. The third-order valence-electron chi connectivity index (χ3n) is 4.08. The van der Waals surface area contributed by atoms with E-state index < -0.39 is 0 Å². The number of nitrogens with one attached hydrogen (secondary N) is 1. The van der Waals surface area contributed by atoms with Crippen LogP contribution in [0.5, 0.6) is 5.75 Å². The van der Waals surface area contributed by atoms with Crippen LogP contribution in [0, 0.1) is 6.92 Å². The number of carbonyl (C=O) groups excluding carboxylic acids is 1. The molecule has 1 amide bonds. The Balaban J connectivity index is 1.82. The molecule has 0 aliphatic carbocycles. The first kappa shape index (κ1) is 19.3. The van der Waals surface area contributed by atoms with E-state index in [1.54, 1.807) is 12.1 Å². The molecule has 0 heterocycles. The number of ether oxygens (including phenoxy) is 1. The summed E-state index contributed by atoms with van der Waals surface area (Å²) in [5.41, 5.74) is 2.17. The fourth-order valence-electron chi connectivity index (χ4n) is 2.52. The van der Waals surface area contributed by atoms with Crippen LogP contribution >= 0.6 is 11.6 Å². The van der Waals surface area contributed by atoms with Crippen LogP contribution in [0.3, 0.4) is 0 Å². The maximum atomic E-state index is 12.1. The molecular weight excluding hydrogens is 336 g/mol. The highest BCUT2D eigenvalue weighted by atomic mass is 35.5. The van der Waals surface area contributed by atoms with Crippen LogP contribution in [0.25, 0.3) is 0 Å². The van der Waals surface area contributed by atoms with Crippen LogP contribution in [-0.2, 0) is 11.2 Å². The molecule has 25 heavy (non-hydrogen) atoms. The topological polar surface area (TPSA) is 41.6 Å². The lowest BCUT2D eigenvalue weighted by Gasteiger charge is -2.24. The fourth-order valence-corrected chi connectivity index (χ4v) is 2.75. The second kappa shape index (κ2) is 9.44. The van der Waals surface area contributed by atoms with E-state index in [0.29, 0.717) is 17.3 Å². The molecule has 0 saturated heterocycles. The molecule has 0 spiro atoms. The minimum Gasteiger partial charge on any atom is -0.484 e. The summed E-state index contributed by atoms with van der Waals surface area (Å²) in [5.74, 6) is 0.544. The van der Waals surface area contributed by atoms with Crippen molar-refractivity contribution in [3.05, 3.63) is 64.7 Å². The highest BCUT2D eigenvalue weighted by Gasteiger charge is 2.14. The fraction of sp³-hybridized carbons (Fsp3) is 0.350. The largest absolute Gasteiger partial charge is 0.484 e. The van der Waals surface area contributed by atoms with Gasteiger partial charge in [-0.2, -0.15) is 0 Å². The van der Waals surface area contributed by atoms with E-state index >= 15 is 0 Å². The van der Waals surface area contributed by atoms with E-state index in [1.807, 2.05) is 45.3 Å². The number of nitrogens with zero attached hydrogens (tertiary/aromatic N) is 1. The second-order valence-electron chi connectivity index (χ2n) is 6.31. The average molecular weight is 361 g/mol. The lowest BCUT2D eigenvalue weighted by atomic mass is 10.1. The van der Waals surface area contributed by atoms with Crippen molar-refractivity contribution >= 4 is 17.5 Å². The zero-order valence-electron chi connectivity index (χ0n) is 15.0. The lowest BCUT2D eigenvalue weighted by molar-refractivity contribution is -0.123. The van der Waals surface area contributed by atoms with Crippen LogP contribution in [0.15, 0.2) is 48.5 Å². The smallest absolute Gasteiger partial charge is 0.257 e. The van der Waals surface area contributed by atoms with Gasteiger partial charge in [-0.3, -0.25) is 4.79 Å². The molecule has 5 heteroatoms. The van der Waals surface area contributed by atoms with Gasteiger partial charge in [-0.15, -0.1) is 0 Å². The van der Waals surface area contributed by atoms with Crippen LogP contribution in [0.1, 0.15) is 11.1 Å². The van der Waals surface area contributed by atoms with Crippen LogP contribution < -0.4 is 10.1 Å². The Morgan fingerprint density at radius 2 is 1.92 bits per heavy atom. The van der Waals surface area contributed by atoms with Gasteiger partial charge >= 0.3 is 0 Å². The van der Waals surface area contributed by atoms with Gasteiger partial charge in [0.25, 0.3) is 5.91 Å². The first-order valence-electron chi connectivity index (χ1n) is 8.31. The van der Waals surface area contributed by atoms with Gasteiger partial charge in [-0.25, -0.2) is 0 Å². The number of aryl methyl sites for hydroxylation is 1. The SMILES string of the molecule is Cc1cc(Cl)ccc1OCC(=O)NC[C@@H](Cc1ccccc1)N(C)C. The van der Waals surface area contributed by atoms with Crippen LogP contribution in [-0.4, -0.2) is 44.1 Å². The van der Waals surface area contributed by atoms with Gasteiger partial charge in [0.2, 0.25) is 0 Å². The monoisotopic (exact) mass is 360 g/mol. The molecule has 0 aliphatic rings. The molecule has 0 bridgehead atoms. The number of benzene rings is 2. The maximum absolute atomic E-state index is 12.1. The molecule has 0 saturated carbocycles. The lowest BCUT2D eigenvalue weighted by Crippen LogP contribution is -2.43. The number of likely N-dealkylation sites (N-methyl/N-ethyl adjacent to an activating group) is 1. The van der Waals surface area contributed by atoms with Crippen LogP contribution in [0.2, 0.25) is 5.02 Å². The van der Waals surface area contributed by atoms with Gasteiger partial charge in [0, 0.05) is 17.6 Å². The Morgan fingerprint density at radius 1 is 1.20 bits per heavy atom. The van der Waals surface area contributed by atoms with Crippen LogP contribution in [0.4, 0.5) is 0 Å². The minimum absolute atomic E-state index is 0.00599. The van der Waals surface area contributed by atoms with E-state index in [9.17, 15) is 4.79 Å². The predicted octanol–water partition coefficient (Wildman–Crippen LogP) is 3.32. The third kappa shape index (κ3) is 6.40. The number of amides is 1. The molecule has 0 radical (unpaired) electrons. The molecule has 2 aromatic carbocycles. The molecule has 1 atom stereocenters. The van der Waals surface area contributed by atoms with Crippen molar-refractivity contribution in [2.45, 2.75) is 19.4 Å². The molecule has 2 rings (SSSR count). The molecule has 0 aliphatic heterocycles. The Morgan fingerprint density at radius 3 is 2.56 bits per heavy atom. The van der Waals surface area contributed by atoms with Gasteiger partial charge in [-0.1, -0.05) is 41.9 Å². The zero-order chi connectivity index (χ0) is 18.2. The number of rotatable bonds is 8. The first-order valence-corrected chi connectivity index (χ1v) is 8.69. The molecule has 4 nitrogen and oxygen atoms in total. The summed E-state index contributed by atoms with van der Waals surface area (Å²) >= 11 is 5.92. The molecule has 0 fully saturated rings. The van der Waals surface area contributed by atoms with Crippen molar-refractivity contribution in [3.8, 4) is 5.75 Å². The van der Waals surface area contributed by atoms with Crippen molar-refractivity contribution in [1.29, 1.82) is 0 Å². The normalized spacial score (nSPS) is 12.0. The van der Waals surface area contributed by atoms with E-state index in [4.69, 9.17) is 16.3 Å². The van der Waals surface area contributed by atoms with Gasteiger partial charge in [0.05, 0.1) is 0 Å². The van der Waals surface area contributed by atoms with Gasteiger partial charge < -0.3 is 15.0 Å². The van der Waals surface area contributed by atoms with Gasteiger partial charge in [0.15, 0.2) is 6.61 Å². The number of hydrogen-bond acceptors (Lipinski definition) is 3. The van der Waals surface area contributed by atoms with E-state index in [0.717, 1.165) is 12.0 Å². The summed E-state index contributed by atoms with van der Waals surface area (Å²) < 4.78 is 5.58. The highest BCUT2D eigenvalue weighted by molar-refractivity contribution is 6.30. The van der Waals surface area contributed by atoms with Crippen molar-refractivity contribution < 1.29 is 9.53 Å². The van der Waals surface area contributed by atoms with E-state index in [2.05, 4.69) is 22.3 Å². The zero-order valence-corrected chi connectivity index (χ0v) is 15.7. The minimum atomic E-state index is -0.130. The third-order valence-corrected chi connectivity index (χ3v) is 4.31. The Bertz CT molecular complexity index is 689. The molecular formula is C20H25ClN2O2. The Labute approximate surface area is 154 Å². The molecule has 2 aromatic rings. The summed E-state index contributed by atoms with van der Waals surface area (Å²) in [4.78, 5) is 14.2. The summed E-state index contributed by atoms with van der Waals surface area (Å²) in [5, 5.41) is 3.61. The van der Waals surface area contributed by atoms with Crippen molar-refractivity contribution in [3.63, 3.8) is 0 Å². The average Bonchev–Trinajstić information content (AvgIpc) is 2.58. The number of halogens is 1. The standard InChI is InChI=1S/C20H25ClN2O2/c1-15-11-17(21)9-10-19(15)25-14-20(24)22-13-18(23(2)3)12-16-7-5-4-6-8-16/h4-11,18H,12-14H2,1-3H3,(H,22,24)/t18-/m1/s1. The van der Waals surface area contributed by atoms with Crippen molar-refractivity contribution in [2.24, 2.45) is 0 Å². The molecule has 0 aromatic heterocycles. The molecule has 1 N–H and O–H groups in total. The van der Waals surface area contributed by atoms with E-state index in [-0.39, 0.29) is 18.6 Å². The van der Waals surface area contributed by atoms with Gasteiger partial charge in [-0.05, 0) is 56.8 Å². The van der Waals surface area contributed by atoms with Gasteiger partial charge in [0.1, 0.15) is 5.75 Å².